The van der Waals surface area contributed by atoms with Crippen LogP contribution in [0.2, 0.25) is 0 Å². The van der Waals surface area contributed by atoms with Gasteiger partial charge in [0.15, 0.2) is 0 Å². The Morgan fingerprint density at radius 2 is 1.86 bits per heavy atom. The highest BCUT2D eigenvalue weighted by Gasteiger charge is 2.45. The van der Waals surface area contributed by atoms with E-state index >= 15 is 0 Å². The highest BCUT2D eigenvalue weighted by Crippen LogP contribution is 2.43. The van der Waals surface area contributed by atoms with E-state index < -0.39 is 23.7 Å². The molecule has 1 fully saturated rings. The largest absolute Gasteiger partial charge is 0.477 e. The molecular weight excluding hydrogens is 190 g/mol. The minimum atomic E-state index is -3.56. The van der Waals surface area contributed by atoms with E-state index in [1.807, 2.05) is 0 Å². The van der Waals surface area contributed by atoms with Crippen molar-refractivity contribution in [3.63, 3.8) is 0 Å². The van der Waals surface area contributed by atoms with Gasteiger partial charge in [0.25, 0.3) is 0 Å². The molecule has 1 aliphatic rings. The van der Waals surface area contributed by atoms with Crippen LogP contribution >= 0.6 is 0 Å². The number of carboxylic acid groups (broad SMARTS) is 1. The van der Waals surface area contributed by atoms with Crippen molar-refractivity contribution in [2.45, 2.75) is 51.4 Å². The average Bonchev–Trinajstić information content (AvgIpc) is 2.03. The van der Waals surface area contributed by atoms with Gasteiger partial charge in [0.1, 0.15) is 0 Å². The van der Waals surface area contributed by atoms with Crippen LogP contribution in [-0.4, -0.2) is 17.0 Å². The molecule has 0 aromatic carbocycles. The molecule has 0 aliphatic heterocycles. The van der Waals surface area contributed by atoms with Gasteiger partial charge in [-0.25, -0.2) is 4.79 Å². The highest BCUT2D eigenvalue weighted by atomic mass is 19.3. The molecule has 0 atom stereocenters. The Balaban J connectivity index is 2.61. The van der Waals surface area contributed by atoms with Crippen molar-refractivity contribution in [2.75, 3.05) is 0 Å². The number of alkyl halides is 2. The first-order valence-corrected chi connectivity index (χ1v) is 4.97. The van der Waals surface area contributed by atoms with Gasteiger partial charge in [0.2, 0.25) is 0 Å². The van der Waals surface area contributed by atoms with Crippen LogP contribution in [-0.2, 0) is 4.79 Å². The second kappa shape index (κ2) is 3.83. The van der Waals surface area contributed by atoms with E-state index in [1.165, 1.54) is 0 Å². The van der Waals surface area contributed by atoms with Crippen LogP contribution in [0.4, 0.5) is 8.78 Å². The van der Waals surface area contributed by atoms with Crippen molar-refractivity contribution in [1.29, 1.82) is 0 Å². The van der Waals surface area contributed by atoms with E-state index in [0.717, 1.165) is 32.1 Å². The lowest BCUT2D eigenvalue weighted by Crippen LogP contribution is -2.36. The normalized spacial score (nSPS) is 21.9. The molecule has 0 radical (unpaired) electrons. The maximum Gasteiger partial charge on any atom is 0.374 e. The second-order valence-corrected chi connectivity index (χ2v) is 4.56. The van der Waals surface area contributed by atoms with Gasteiger partial charge in [0.05, 0.1) is 0 Å². The number of halogens is 2. The lowest BCUT2D eigenvalue weighted by molar-refractivity contribution is -0.170. The predicted octanol–water partition coefficient (Wildman–Crippen LogP) is 3.07. The van der Waals surface area contributed by atoms with Gasteiger partial charge < -0.3 is 5.11 Å². The van der Waals surface area contributed by atoms with Gasteiger partial charge in [-0.05, 0) is 18.3 Å². The van der Waals surface area contributed by atoms with Gasteiger partial charge in [0, 0.05) is 6.42 Å². The third-order valence-corrected chi connectivity index (χ3v) is 3.02. The molecule has 0 aromatic rings. The summed E-state index contributed by atoms with van der Waals surface area (Å²) in [4.78, 5) is 10.3. The Labute approximate surface area is 82.3 Å². The molecule has 0 unspecified atom stereocenters. The quantitative estimate of drug-likeness (QED) is 0.770. The van der Waals surface area contributed by atoms with Crippen LogP contribution in [0.1, 0.15) is 45.4 Å². The molecule has 1 saturated carbocycles. The Kier molecular flexibility index (Phi) is 3.12. The number of aliphatic carboxylic acids is 1. The zero-order valence-electron chi connectivity index (χ0n) is 8.35. The van der Waals surface area contributed by atoms with E-state index in [2.05, 4.69) is 0 Å². The first-order valence-electron chi connectivity index (χ1n) is 4.97. The molecule has 1 N–H and O–H groups in total. The fourth-order valence-electron chi connectivity index (χ4n) is 2.19. The fourth-order valence-corrected chi connectivity index (χ4v) is 2.19. The van der Waals surface area contributed by atoms with Crippen LogP contribution in [0, 0.1) is 5.41 Å². The Morgan fingerprint density at radius 3 is 2.29 bits per heavy atom. The minimum Gasteiger partial charge on any atom is -0.477 e. The topological polar surface area (TPSA) is 37.3 Å². The summed E-state index contributed by atoms with van der Waals surface area (Å²) in [7, 11) is 0. The number of carbonyl (C=O) groups is 1. The van der Waals surface area contributed by atoms with Crippen molar-refractivity contribution in [2.24, 2.45) is 5.41 Å². The molecule has 0 spiro atoms. The molecule has 2 nitrogen and oxygen atoms in total. The highest BCUT2D eigenvalue weighted by molar-refractivity contribution is 5.75. The summed E-state index contributed by atoms with van der Waals surface area (Å²) in [6.45, 7) is 1.77. The second-order valence-electron chi connectivity index (χ2n) is 4.56. The lowest BCUT2D eigenvalue weighted by atomic mass is 9.72. The lowest BCUT2D eigenvalue weighted by Gasteiger charge is -2.35. The summed E-state index contributed by atoms with van der Waals surface area (Å²) in [5, 5.41) is 8.34. The summed E-state index contributed by atoms with van der Waals surface area (Å²) in [5.41, 5.74) is -0.486. The van der Waals surface area contributed by atoms with Crippen LogP contribution in [0.3, 0.4) is 0 Å². The Morgan fingerprint density at radius 1 is 1.36 bits per heavy atom. The van der Waals surface area contributed by atoms with Crippen molar-refractivity contribution in [1.82, 2.24) is 0 Å². The van der Waals surface area contributed by atoms with Crippen LogP contribution in [0.25, 0.3) is 0 Å². The zero-order valence-corrected chi connectivity index (χ0v) is 8.35. The van der Waals surface area contributed by atoms with E-state index in [0.29, 0.717) is 0 Å². The van der Waals surface area contributed by atoms with E-state index in [4.69, 9.17) is 5.11 Å². The molecule has 0 bridgehead atoms. The maximum atomic E-state index is 13.0. The van der Waals surface area contributed by atoms with Crippen LogP contribution in [0.15, 0.2) is 0 Å². The first-order chi connectivity index (χ1) is 6.36. The predicted molar refractivity (Wildman–Crippen MR) is 48.4 cm³/mol. The molecule has 4 heteroatoms. The van der Waals surface area contributed by atoms with Crippen LogP contribution in [0.5, 0.6) is 0 Å². The van der Waals surface area contributed by atoms with Gasteiger partial charge in [-0.15, -0.1) is 0 Å². The fraction of sp³-hybridized carbons (Fsp3) is 0.900. The first kappa shape index (κ1) is 11.4. The minimum absolute atomic E-state index is 0.486. The van der Waals surface area contributed by atoms with Gasteiger partial charge >= 0.3 is 11.9 Å². The van der Waals surface area contributed by atoms with Gasteiger partial charge in [-0.1, -0.05) is 26.2 Å². The van der Waals surface area contributed by atoms with Gasteiger partial charge in [-0.3, -0.25) is 0 Å². The molecular formula is C10H16F2O2. The molecule has 0 saturated heterocycles. The zero-order chi connectivity index (χ0) is 10.8. The van der Waals surface area contributed by atoms with Gasteiger partial charge in [-0.2, -0.15) is 8.78 Å². The van der Waals surface area contributed by atoms with Crippen molar-refractivity contribution in [3.05, 3.63) is 0 Å². The third-order valence-electron chi connectivity index (χ3n) is 3.02. The summed E-state index contributed by atoms with van der Waals surface area (Å²) in [6.07, 6.45) is 3.87. The monoisotopic (exact) mass is 206 g/mol. The Bertz CT molecular complexity index is 220. The van der Waals surface area contributed by atoms with Crippen molar-refractivity contribution in [3.8, 4) is 0 Å². The van der Waals surface area contributed by atoms with E-state index in [1.54, 1.807) is 6.92 Å². The Hall–Kier alpha value is -0.670. The number of hydrogen-bond acceptors (Lipinski definition) is 1. The molecule has 82 valence electrons. The van der Waals surface area contributed by atoms with E-state index in [9.17, 15) is 13.6 Å². The van der Waals surface area contributed by atoms with Crippen molar-refractivity contribution < 1.29 is 18.7 Å². The molecule has 1 aliphatic carbocycles. The summed E-state index contributed by atoms with van der Waals surface area (Å²) < 4.78 is 26.0. The molecule has 0 amide bonds. The summed E-state index contributed by atoms with van der Waals surface area (Å²) in [6, 6.07) is 0. The number of hydrogen-bond donors (Lipinski definition) is 1. The molecule has 1 rings (SSSR count). The van der Waals surface area contributed by atoms with Crippen LogP contribution < -0.4 is 0 Å². The number of rotatable bonds is 3. The summed E-state index contributed by atoms with van der Waals surface area (Å²) >= 11 is 0. The average molecular weight is 206 g/mol. The summed E-state index contributed by atoms with van der Waals surface area (Å²) in [5.74, 6) is -5.56. The standard InChI is InChI=1S/C10H16F2O2/c1-9(5-3-2-4-6-9)7-10(11,12)8(13)14/h2-7H2,1H3,(H,13,14). The SMILES string of the molecule is CC1(CC(F)(F)C(=O)O)CCCCC1. The smallest absolute Gasteiger partial charge is 0.374 e. The maximum absolute atomic E-state index is 13.0. The van der Waals surface area contributed by atoms with Crippen molar-refractivity contribution >= 4 is 5.97 Å². The molecule has 0 heterocycles. The third kappa shape index (κ3) is 2.66. The molecule has 14 heavy (non-hydrogen) atoms. The van der Waals surface area contributed by atoms with E-state index in [-0.39, 0.29) is 0 Å². The number of carboxylic acids is 1. The molecule has 0 aromatic heterocycles.